The molecular formula is C23H24N4O3S. The molecule has 0 fully saturated rings. The van der Waals surface area contributed by atoms with Gasteiger partial charge < -0.3 is 4.74 Å². The number of H-pyrrole nitrogens is 1. The largest absolute Gasteiger partial charge is 0.465 e. The number of benzene rings is 2. The van der Waals surface area contributed by atoms with Crippen molar-refractivity contribution in [2.45, 2.75) is 37.1 Å². The van der Waals surface area contributed by atoms with Crippen LogP contribution in [0.2, 0.25) is 0 Å². The van der Waals surface area contributed by atoms with Crippen molar-refractivity contribution >= 4 is 29.3 Å². The topological polar surface area (TPSA) is 88.2 Å². The maximum Gasteiger partial charge on any atom is 0.326 e. The summed E-state index contributed by atoms with van der Waals surface area (Å²) in [7, 11) is 0. The van der Waals surface area contributed by atoms with Crippen molar-refractivity contribution < 1.29 is 14.3 Å². The molecule has 0 aliphatic carbocycles. The molecule has 0 saturated heterocycles. The number of carbonyl (C=O) groups excluding carboxylic acids is 2. The Morgan fingerprint density at radius 1 is 1.26 bits per heavy atom. The molecule has 1 N–H and O–H groups in total. The fourth-order valence-electron chi connectivity index (χ4n) is 3.64. The fourth-order valence-corrected chi connectivity index (χ4v) is 4.60. The normalized spacial score (nSPS) is 16.0. The van der Waals surface area contributed by atoms with Crippen LogP contribution in [0.5, 0.6) is 0 Å². The van der Waals surface area contributed by atoms with E-state index in [0.29, 0.717) is 17.4 Å². The number of thioether (sulfide) groups is 1. The van der Waals surface area contributed by atoms with E-state index in [0.717, 1.165) is 28.8 Å². The molecule has 0 unspecified atom stereocenters. The van der Waals surface area contributed by atoms with Crippen molar-refractivity contribution in [1.82, 2.24) is 15.2 Å². The van der Waals surface area contributed by atoms with Crippen molar-refractivity contribution in [2.75, 3.05) is 18.1 Å². The van der Waals surface area contributed by atoms with Crippen molar-refractivity contribution in [1.29, 1.82) is 0 Å². The Balaban J connectivity index is 1.56. The maximum atomic E-state index is 13.4. The predicted molar refractivity (Wildman–Crippen MR) is 120 cm³/mol. The number of anilines is 1. The SMILES string of the molecule is CCOC(=O)CN1C(=O)[C@H](Sc2n[nH]c(-c3cccc(C)c3)n2)CCc2ccccc21. The number of para-hydroxylation sites is 1. The van der Waals surface area contributed by atoms with E-state index >= 15 is 0 Å². The lowest BCUT2D eigenvalue weighted by Gasteiger charge is -2.24. The summed E-state index contributed by atoms with van der Waals surface area (Å²) in [5, 5.41) is 7.39. The number of amides is 1. The maximum absolute atomic E-state index is 13.4. The fraction of sp³-hybridized carbons (Fsp3) is 0.304. The number of hydrogen-bond acceptors (Lipinski definition) is 6. The summed E-state index contributed by atoms with van der Waals surface area (Å²) < 4.78 is 5.09. The standard InChI is InChI=1S/C23H24N4O3S/c1-3-30-20(28)14-27-18-10-5-4-8-16(18)11-12-19(22(27)29)31-23-24-21(25-26-23)17-9-6-7-15(2)13-17/h4-10,13,19H,3,11-12,14H2,1-2H3,(H,24,25,26)/t19-/m1/s1. The highest BCUT2D eigenvalue weighted by Gasteiger charge is 2.33. The quantitative estimate of drug-likeness (QED) is 0.592. The van der Waals surface area contributed by atoms with Crippen LogP contribution in [-0.2, 0) is 20.7 Å². The minimum atomic E-state index is -0.420. The van der Waals surface area contributed by atoms with Gasteiger partial charge in [0.25, 0.3) is 0 Å². The van der Waals surface area contributed by atoms with Crippen molar-refractivity contribution in [2.24, 2.45) is 0 Å². The lowest BCUT2D eigenvalue weighted by atomic mass is 10.1. The number of rotatable bonds is 6. The van der Waals surface area contributed by atoms with Gasteiger partial charge in [-0.2, -0.15) is 0 Å². The van der Waals surface area contributed by atoms with Gasteiger partial charge in [-0.1, -0.05) is 53.7 Å². The third-order valence-electron chi connectivity index (χ3n) is 5.10. The third-order valence-corrected chi connectivity index (χ3v) is 6.21. The van der Waals surface area contributed by atoms with E-state index in [2.05, 4.69) is 15.2 Å². The molecule has 1 atom stereocenters. The zero-order chi connectivity index (χ0) is 21.8. The Morgan fingerprint density at radius 2 is 2.10 bits per heavy atom. The Morgan fingerprint density at radius 3 is 2.90 bits per heavy atom. The van der Waals surface area contributed by atoms with Gasteiger partial charge in [-0.25, -0.2) is 4.98 Å². The summed E-state index contributed by atoms with van der Waals surface area (Å²) >= 11 is 1.32. The molecule has 160 valence electrons. The van der Waals surface area contributed by atoms with E-state index in [9.17, 15) is 9.59 Å². The van der Waals surface area contributed by atoms with Crippen LogP contribution < -0.4 is 4.90 Å². The van der Waals surface area contributed by atoms with Crippen LogP contribution >= 0.6 is 11.8 Å². The van der Waals surface area contributed by atoms with Crippen LogP contribution in [0.1, 0.15) is 24.5 Å². The first-order valence-electron chi connectivity index (χ1n) is 10.3. The highest BCUT2D eigenvalue weighted by Crippen LogP contribution is 2.34. The van der Waals surface area contributed by atoms with E-state index in [4.69, 9.17) is 4.74 Å². The molecule has 2 heterocycles. The zero-order valence-electron chi connectivity index (χ0n) is 17.5. The van der Waals surface area contributed by atoms with Gasteiger partial charge in [0.1, 0.15) is 6.54 Å². The number of ether oxygens (including phenoxy) is 1. The number of esters is 1. The first kappa shape index (κ1) is 21.1. The molecule has 3 aromatic rings. The molecule has 0 bridgehead atoms. The van der Waals surface area contributed by atoms with Crippen LogP contribution in [0.25, 0.3) is 11.4 Å². The second-order valence-electron chi connectivity index (χ2n) is 7.34. The number of aromatic amines is 1. The lowest BCUT2D eigenvalue weighted by molar-refractivity contribution is -0.142. The Labute approximate surface area is 185 Å². The van der Waals surface area contributed by atoms with E-state index in [1.807, 2.05) is 55.5 Å². The van der Waals surface area contributed by atoms with Gasteiger partial charge in [-0.15, -0.1) is 5.10 Å². The van der Waals surface area contributed by atoms with Crippen LogP contribution in [0.4, 0.5) is 5.69 Å². The van der Waals surface area contributed by atoms with Crippen molar-refractivity contribution in [3.63, 3.8) is 0 Å². The second kappa shape index (κ2) is 9.34. The van der Waals surface area contributed by atoms with Gasteiger partial charge in [0.05, 0.1) is 11.9 Å². The summed E-state index contributed by atoms with van der Waals surface area (Å²) in [5.41, 5.74) is 3.88. The Hall–Kier alpha value is -3.13. The lowest BCUT2D eigenvalue weighted by Crippen LogP contribution is -2.41. The summed E-state index contributed by atoms with van der Waals surface area (Å²) in [6.07, 6.45) is 1.36. The van der Waals surface area contributed by atoms with E-state index in [1.165, 1.54) is 16.7 Å². The van der Waals surface area contributed by atoms with Gasteiger partial charge in [0.2, 0.25) is 11.1 Å². The molecule has 8 heteroatoms. The predicted octanol–water partition coefficient (Wildman–Crippen LogP) is 3.78. The molecule has 7 nitrogen and oxygen atoms in total. The van der Waals surface area contributed by atoms with Crippen LogP contribution in [-0.4, -0.2) is 45.5 Å². The number of fused-ring (bicyclic) bond motifs is 1. The Bertz CT molecular complexity index is 1100. The van der Waals surface area contributed by atoms with Crippen LogP contribution in [0.15, 0.2) is 53.7 Å². The van der Waals surface area contributed by atoms with Crippen molar-refractivity contribution in [3.8, 4) is 11.4 Å². The Kier molecular flexibility index (Phi) is 6.36. The molecule has 1 aliphatic heterocycles. The minimum Gasteiger partial charge on any atom is -0.465 e. The average Bonchev–Trinajstić information content (AvgIpc) is 3.19. The van der Waals surface area contributed by atoms with Gasteiger partial charge in [0, 0.05) is 11.3 Å². The van der Waals surface area contributed by atoms with E-state index in [1.54, 1.807) is 6.92 Å². The monoisotopic (exact) mass is 436 g/mol. The number of aryl methyl sites for hydroxylation is 2. The zero-order valence-corrected chi connectivity index (χ0v) is 18.3. The first-order chi connectivity index (χ1) is 15.0. The number of nitrogens with zero attached hydrogens (tertiary/aromatic N) is 3. The smallest absolute Gasteiger partial charge is 0.326 e. The molecule has 31 heavy (non-hydrogen) atoms. The molecule has 0 saturated carbocycles. The minimum absolute atomic E-state index is 0.108. The number of aromatic nitrogens is 3. The highest BCUT2D eigenvalue weighted by molar-refractivity contribution is 8.00. The molecule has 2 aromatic carbocycles. The van der Waals surface area contributed by atoms with Gasteiger partial charge in [0.15, 0.2) is 5.82 Å². The van der Waals surface area contributed by atoms with Crippen molar-refractivity contribution in [3.05, 3.63) is 59.7 Å². The number of nitrogens with one attached hydrogen (secondary N) is 1. The molecule has 4 rings (SSSR count). The van der Waals surface area contributed by atoms with Crippen LogP contribution in [0, 0.1) is 6.92 Å². The van der Waals surface area contributed by atoms with Gasteiger partial charge >= 0.3 is 5.97 Å². The molecule has 1 amide bonds. The number of hydrogen-bond donors (Lipinski definition) is 1. The summed E-state index contributed by atoms with van der Waals surface area (Å²) in [6.45, 7) is 3.95. The average molecular weight is 437 g/mol. The molecule has 0 radical (unpaired) electrons. The highest BCUT2D eigenvalue weighted by atomic mass is 32.2. The molecule has 1 aromatic heterocycles. The van der Waals surface area contributed by atoms with E-state index in [-0.39, 0.29) is 19.1 Å². The first-order valence-corrected chi connectivity index (χ1v) is 11.1. The molecule has 1 aliphatic rings. The third kappa shape index (κ3) is 4.80. The summed E-state index contributed by atoms with van der Waals surface area (Å²) in [5.74, 6) is 0.111. The summed E-state index contributed by atoms with van der Waals surface area (Å²) in [6, 6.07) is 15.7. The summed E-state index contributed by atoms with van der Waals surface area (Å²) in [4.78, 5) is 31.7. The van der Waals surface area contributed by atoms with Crippen LogP contribution in [0.3, 0.4) is 0 Å². The van der Waals surface area contributed by atoms with E-state index < -0.39 is 11.2 Å². The van der Waals surface area contributed by atoms with Gasteiger partial charge in [-0.05, 0) is 44.4 Å². The molecular weight excluding hydrogens is 412 g/mol. The second-order valence-corrected chi connectivity index (χ2v) is 8.51. The van der Waals surface area contributed by atoms with Gasteiger partial charge in [-0.3, -0.25) is 19.6 Å². The number of carbonyl (C=O) groups is 2. The molecule has 0 spiro atoms.